The Hall–Kier alpha value is -0.290. The second-order valence-corrected chi connectivity index (χ2v) is 6.62. The monoisotopic (exact) mass is 318 g/mol. The number of rotatable bonds is 5. The number of nitrogens with zero attached hydrogens (tertiary/aromatic N) is 1. The first kappa shape index (κ1) is 14.8. The van der Waals surface area contributed by atoms with E-state index >= 15 is 0 Å². The molecule has 0 aliphatic carbocycles. The molecule has 1 N–H and O–H groups in total. The van der Waals surface area contributed by atoms with Gasteiger partial charge >= 0.3 is 0 Å². The Balaban J connectivity index is 2.91. The van der Waals surface area contributed by atoms with Crippen molar-refractivity contribution in [2.24, 2.45) is 0 Å². The highest BCUT2D eigenvalue weighted by molar-refractivity contribution is 9.10. The maximum Gasteiger partial charge on any atom is 0.265 e. The van der Waals surface area contributed by atoms with E-state index in [1.807, 2.05) is 25.6 Å². The van der Waals surface area contributed by atoms with Crippen LogP contribution in [0.3, 0.4) is 0 Å². The highest BCUT2D eigenvalue weighted by atomic mass is 79.9. The Morgan fingerprint density at radius 3 is 2.59 bits per heavy atom. The lowest BCUT2D eigenvalue weighted by molar-refractivity contribution is 0.783. The van der Waals surface area contributed by atoms with Crippen LogP contribution in [0, 0.1) is 0 Å². The lowest BCUT2D eigenvalue weighted by atomic mass is 10.1. The number of thioether (sulfide) groups is 1. The molecule has 5 heteroatoms. The van der Waals surface area contributed by atoms with Gasteiger partial charge in [-0.3, -0.25) is 4.79 Å². The average Bonchev–Trinajstić information content (AvgIpc) is 2.29. The molecule has 0 aliphatic rings. The van der Waals surface area contributed by atoms with Crippen LogP contribution in [0.5, 0.6) is 0 Å². The van der Waals surface area contributed by atoms with Crippen LogP contribution in [0.25, 0.3) is 0 Å². The summed E-state index contributed by atoms with van der Waals surface area (Å²) in [5.74, 6) is 1.78. The van der Waals surface area contributed by atoms with E-state index in [2.05, 4.69) is 39.7 Å². The number of aromatic amines is 1. The molecule has 1 aromatic heterocycles. The van der Waals surface area contributed by atoms with Crippen molar-refractivity contribution in [3.05, 3.63) is 26.3 Å². The van der Waals surface area contributed by atoms with Gasteiger partial charge in [0.05, 0.1) is 11.4 Å². The molecule has 17 heavy (non-hydrogen) atoms. The summed E-state index contributed by atoms with van der Waals surface area (Å²) in [5.41, 5.74) is 0.761. The minimum Gasteiger partial charge on any atom is -0.309 e. The first-order valence-electron chi connectivity index (χ1n) is 5.85. The Kier molecular flexibility index (Phi) is 5.73. The third-order valence-electron chi connectivity index (χ3n) is 2.56. The molecule has 0 radical (unpaired) electrons. The summed E-state index contributed by atoms with van der Waals surface area (Å²) < 4.78 is 0.560. The van der Waals surface area contributed by atoms with Crippen molar-refractivity contribution < 1.29 is 0 Å². The molecule has 0 saturated heterocycles. The second-order valence-electron chi connectivity index (χ2n) is 4.40. The zero-order valence-electron chi connectivity index (χ0n) is 10.7. The van der Waals surface area contributed by atoms with Gasteiger partial charge in [0, 0.05) is 5.25 Å². The molecule has 0 saturated carbocycles. The summed E-state index contributed by atoms with van der Waals surface area (Å²) in [6.07, 6.45) is 1.13. The van der Waals surface area contributed by atoms with Crippen molar-refractivity contribution >= 4 is 27.7 Å². The minimum atomic E-state index is -0.0801. The normalized spacial score (nSPS) is 13.1. The summed E-state index contributed by atoms with van der Waals surface area (Å²) in [5, 5.41) is 0.589. The van der Waals surface area contributed by atoms with Gasteiger partial charge in [0.2, 0.25) is 0 Å². The van der Waals surface area contributed by atoms with Gasteiger partial charge < -0.3 is 4.98 Å². The Morgan fingerprint density at radius 1 is 1.41 bits per heavy atom. The molecule has 3 nitrogen and oxygen atoms in total. The highest BCUT2D eigenvalue weighted by Gasteiger charge is 2.12. The summed E-state index contributed by atoms with van der Waals surface area (Å²) in [6.45, 7) is 8.43. The van der Waals surface area contributed by atoms with Crippen LogP contribution in [0.15, 0.2) is 9.27 Å². The lowest BCUT2D eigenvalue weighted by Crippen LogP contribution is -2.16. The van der Waals surface area contributed by atoms with Gasteiger partial charge in [-0.2, -0.15) is 11.8 Å². The van der Waals surface area contributed by atoms with Gasteiger partial charge in [0.15, 0.2) is 0 Å². The van der Waals surface area contributed by atoms with E-state index in [1.165, 1.54) is 0 Å². The standard InChI is InChI=1S/C12H19BrN2OS/c1-5-8(4)17-6-9-14-11(7(2)3)10(13)12(16)15-9/h7-8H,5-6H2,1-4H3,(H,14,15,16). The summed E-state index contributed by atoms with van der Waals surface area (Å²) >= 11 is 5.11. The highest BCUT2D eigenvalue weighted by Crippen LogP contribution is 2.21. The molecule has 1 unspecified atom stereocenters. The van der Waals surface area contributed by atoms with Gasteiger partial charge in [-0.25, -0.2) is 4.98 Å². The fraction of sp³-hybridized carbons (Fsp3) is 0.667. The van der Waals surface area contributed by atoms with Crippen molar-refractivity contribution in [1.82, 2.24) is 9.97 Å². The van der Waals surface area contributed by atoms with E-state index in [0.717, 1.165) is 23.7 Å². The topological polar surface area (TPSA) is 45.8 Å². The zero-order chi connectivity index (χ0) is 13.0. The molecule has 0 spiro atoms. The number of aromatic nitrogens is 2. The summed E-state index contributed by atoms with van der Waals surface area (Å²) in [4.78, 5) is 19.1. The Bertz CT molecular complexity index is 431. The van der Waals surface area contributed by atoms with Crippen molar-refractivity contribution in [2.75, 3.05) is 0 Å². The SMILES string of the molecule is CCC(C)SCc1nc(C(C)C)c(Br)c(=O)[nH]1. The number of hydrogen-bond acceptors (Lipinski definition) is 3. The lowest BCUT2D eigenvalue weighted by Gasteiger charge is -2.11. The second kappa shape index (κ2) is 6.59. The molecule has 1 heterocycles. The smallest absolute Gasteiger partial charge is 0.265 e. The van der Waals surface area contributed by atoms with Gasteiger partial charge in [-0.15, -0.1) is 0 Å². The van der Waals surface area contributed by atoms with Crippen molar-refractivity contribution in [3.63, 3.8) is 0 Å². The molecule has 0 aromatic carbocycles. The molecule has 1 rings (SSSR count). The van der Waals surface area contributed by atoms with E-state index in [-0.39, 0.29) is 11.5 Å². The molecule has 1 aromatic rings. The van der Waals surface area contributed by atoms with Gasteiger partial charge in [0.25, 0.3) is 5.56 Å². The van der Waals surface area contributed by atoms with E-state index < -0.39 is 0 Å². The Morgan fingerprint density at radius 2 is 2.06 bits per heavy atom. The van der Waals surface area contributed by atoms with Crippen LogP contribution in [-0.4, -0.2) is 15.2 Å². The van der Waals surface area contributed by atoms with Crippen molar-refractivity contribution in [1.29, 1.82) is 0 Å². The van der Waals surface area contributed by atoms with Gasteiger partial charge in [-0.05, 0) is 28.3 Å². The summed E-state index contributed by atoms with van der Waals surface area (Å²) in [7, 11) is 0. The molecule has 0 amide bonds. The average molecular weight is 319 g/mol. The number of H-pyrrole nitrogens is 1. The van der Waals surface area contributed by atoms with Crippen LogP contribution >= 0.6 is 27.7 Å². The number of halogens is 1. The van der Waals surface area contributed by atoms with Crippen LogP contribution in [0.2, 0.25) is 0 Å². The van der Waals surface area contributed by atoms with E-state index in [0.29, 0.717) is 9.72 Å². The largest absolute Gasteiger partial charge is 0.309 e. The molecule has 0 aliphatic heterocycles. The molecule has 0 bridgehead atoms. The van der Waals surface area contributed by atoms with Gasteiger partial charge in [-0.1, -0.05) is 27.7 Å². The molecule has 96 valence electrons. The molecule has 1 atom stereocenters. The minimum absolute atomic E-state index is 0.0801. The van der Waals surface area contributed by atoms with E-state index in [4.69, 9.17) is 0 Å². The fourth-order valence-corrected chi connectivity index (χ4v) is 2.78. The number of nitrogens with one attached hydrogen (secondary N) is 1. The third kappa shape index (κ3) is 4.14. The first-order valence-corrected chi connectivity index (χ1v) is 7.70. The maximum atomic E-state index is 11.7. The molecular formula is C12H19BrN2OS. The van der Waals surface area contributed by atoms with Gasteiger partial charge in [0.1, 0.15) is 10.3 Å². The van der Waals surface area contributed by atoms with Crippen LogP contribution in [0.1, 0.15) is 51.6 Å². The van der Waals surface area contributed by atoms with E-state index in [9.17, 15) is 4.79 Å². The van der Waals surface area contributed by atoms with E-state index in [1.54, 1.807) is 0 Å². The molecular weight excluding hydrogens is 300 g/mol. The van der Waals surface area contributed by atoms with Crippen LogP contribution < -0.4 is 5.56 Å². The third-order valence-corrected chi connectivity index (χ3v) is 4.67. The fourth-order valence-electron chi connectivity index (χ4n) is 1.31. The maximum absolute atomic E-state index is 11.7. The quantitative estimate of drug-likeness (QED) is 0.900. The first-order chi connectivity index (χ1) is 7.95. The molecule has 0 fully saturated rings. The van der Waals surface area contributed by atoms with Crippen molar-refractivity contribution in [3.8, 4) is 0 Å². The Labute approximate surface area is 115 Å². The van der Waals surface area contributed by atoms with Crippen LogP contribution in [0.4, 0.5) is 0 Å². The van der Waals surface area contributed by atoms with Crippen molar-refractivity contribution in [2.45, 2.75) is 51.0 Å². The van der Waals surface area contributed by atoms with Crippen LogP contribution in [-0.2, 0) is 5.75 Å². The number of hydrogen-bond donors (Lipinski definition) is 1. The summed E-state index contributed by atoms with van der Waals surface area (Å²) in [6, 6.07) is 0. The zero-order valence-corrected chi connectivity index (χ0v) is 13.1. The predicted molar refractivity (Wildman–Crippen MR) is 77.7 cm³/mol. The predicted octanol–water partition coefficient (Wildman–Crippen LogP) is 3.69.